The molecule has 0 unspecified atom stereocenters. The molecule has 0 fully saturated rings. The molecular weight excluding hydrogens is 328 g/mol. The lowest BCUT2D eigenvalue weighted by Gasteiger charge is -1.99. The van der Waals surface area contributed by atoms with Gasteiger partial charge in [0.1, 0.15) is 11.1 Å². The molecule has 0 radical (unpaired) electrons. The molecule has 23 heavy (non-hydrogen) atoms. The highest BCUT2D eigenvalue weighted by Gasteiger charge is 2.15. The van der Waals surface area contributed by atoms with Crippen LogP contribution in [-0.4, -0.2) is 11.8 Å². The summed E-state index contributed by atoms with van der Waals surface area (Å²) in [6.07, 6.45) is 1.87. The second kappa shape index (κ2) is 5.88. The Labute approximate surface area is 140 Å². The minimum absolute atomic E-state index is 0.253. The fraction of sp³-hybridized carbons (Fsp3) is 0.0588. The Morgan fingerprint density at radius 3 is 2.96 bits per heavy atom. The number of hydrogen-bond acceptors (Lipinski definition) is 6. The Kier molecular flexibility index (Phi) is 3.58. The Hall–Kier alpha value is -2.62. The lowest BCUT2D eigenvalue weighted by Crippen LogP contribution is -1.92. The van der Waals surface area contributed by atoms with E-state index in [1.165, 1.54) is 11.3 Å². The summed E-state index contributed by atoms with van der Waals surface area (Å²) in [4.78, 5) is 5.64. The molecule has 112 valence electrons. The predicted octanol–water partition coefficient (Wildman–Crippen LogP) is 4.66. The Bertz CT molecular complexity index is 920. The molecule has 0 amide bonds. The van der Waals surface area contributed by atoms with Crippen LogP contribution < -0.4 is 9.47 Å². The first-order chi connectivity index (χ1) is 11.3. The lowest BCUT2D eigenvalue weighted by molar-refractivity contribution is 0.174. The minimum atomic E-state index is 0.253. The van der Waals surface area contributed by atoms with E-state index in [1.807, 2.05) is 47.2 Å². The van der Waals surface area contributed by atoms with Gasteiger partial charge in [0.2, 0.25) is 6.79 Å². The second-order valence-corrected chi connectivity index (χ2v) is 6.63. The molecule has 0 aliphatic carbocycles. The maximum absolute atomic E-state index is 9.40. The van der Waals surface area contributed by atoms with Crippen LogP contribution in [0.2, 0.25) is 0 Å². The molecule has 3 aromatic rings. The molecule has 4 rings (SSSR count). The van der Waals surface area contributed by atoms with Crippen molar-refractivity contribution in [2.24, 2.45) is 0 Å². The summed E-state index contributed by atoms with van der Waals surface area (Å²) in [6, 6.07) is 11.9. The van der Waals surface area contributed by atoms with Crippen molar-refractivity contribution in [3.05, 3.63) is 51.0 Å². The Morgan fingerprint density at radius 2 is 2.13 bits per heavy atom. The number of ether oxygens (including phenoxy) is 2. The SMILES string of the molecule is N#C/C(=C\c1cccs1)c1nc(-c2ccc3c(c2)OCO3)cs1. The Morgan fingerprint density at radius 1 is 1.22 bits per heavy atom. The monoisotopic (exact) mass is 338 g/mol. The van der Waals surface area contributed by atoms with Crippen molar-refractivity contribution in [1.82, 2.24) is 4.98 Å². The van der Waals surface area contributed by atoms with Crippen LogP contribution in [0.3, 0.4) is 0 Å². The van der Waals surface area contributed by atoms with Gasteiger partial charge in [-0.3, -0.25) is 0 Å². The number of thiazole rings is 1. The molecule has 3 heterocycles. The maximum atomic E-state index is 9.40. The number of thiophene rings is 1. The molecule has 1 aliphatic heterocycles. The number of rotatable bonds is 3. The second-order valence-electron chi connectivity index (χ2n) is 4.79. The number of fused-ring (bicyclic) bond motifs is 1. The zero-order valence-electron chi connectivity index (χ0n) is 11.9. The first-order valence-corrected chi connectivity index (χ1v) is 8.60. The van der Waals surface area contributed by atoms with Gasteiger partial charge in [-0.1, -0.05) is 6.07 Å². The third kappa shape index (κ3) is 2.72. The van der Waals surface area contributed by atoms with Gasteiger partial charge in [0.25, 0.3) is 0 Å². The van der Waals surface area contributed by atoms with E-state index >= 15 is 0 Å². The fourth-order valence-electron chi connectivity index (χ4n) is 2.24. The van der Waals surface area contributed by atoms with Gasteiger partial charge in [0, 0.05) is 15.8 Å². The summed E-state index contributed by atoms with van der Waals surface area (Å²) in [6.45, 7) is 0.253. The van der Waals surface area contributed by atoms with Crippen molar-refractivity contribution in [2.45, 2.75) is 0 Å². The highest BCUT2D eigenvalue weighted by atomic mass is 32.1. The number of nitriles is 1. The van der Waals surface area contributed by atoms with Gasteiger partial charge in [-0.15, -0.1) is 22.7 Å². The molecule has 4 nitrogen and oxygen atoms in total. The summed E-state index contributed by atoms with van der Waals surface area (Å²) in [5, 5.41) is 14.1. The van der Waals surface area contributed by atoms with E-state index in [2.05, 4.69) is 11.1 Å². The van der Waals surface area contributed by atoms with Gasteiger partial charge < -0.3 is 9.47 Å². The molecule has 0 N–H and O–H groups in total. The van der Waals surface area contributed by atoms with Crippen LogP contribution in [0, 0.1) is 11.3 Å². The number of benzene rings is 1. The Balaban J connectivity index is 1.68. The highest BCUT2D eigenvalue weighted by Crippen LogP contribution is 2.36. The van der Waals surface area contributed by atoms with E-state index in [0.717, 1.165) is 27.6 Å². The van der Waals surface area contributed by atoms with E-state index in [4.69, 9.17) is 9.47 Å². The van der Waals surface area contributed by atoms with Crippen LogP contribution in [0.1, 0.15) is 9.88 Å². The van der Waals surface area contributed by atoms with Gasteiger partial charge in [-0.2, -0.15) is 5.26 Å². The van der Waals surface area contributed by atoms with Gasteiger partial charge in [-0.05, 0) is 35.7 Å². The van der Waals surface area contributed by atoms with Gasteiger partial charge >= 0.3 is 0 Å². The summed E-state index contributed by atoms with van der Waals surface area (Å²) >= 11 is 3.06. The van der Waals surface area contributed by atoms with E-state index < -0.39 is 0 Å². The first-order valence-electron chi connectivity index (χ1n) is 6.85. The van der Waals surface area contributed by atoms with Crippen molar-refractivity contribution in [3.63, 3.8) is 0 Å². The van der Waals surface area contributed by atoms with Crippen molar-refractivity contribution in [2.75, 3.05) is 6.79 Å². The molecule has 2 aromatic heterocycles. The predicted molar refractivity (Wildman–Crippen MR) is 91.5 cm³/mol. The maximum Gasteiger partial charge on any atom is 0.231 e. The van der Waals surface area contributed by atoms with E-state index in [1.54, 1.807) is 11.3 Å². The normalized spacial score (nSPS) is 13.1. The average molecular weight is 338 g/mol. The number of nitrogens with zero attached hydrogens (tertiary/aromatic N) is 2. The molecule has 0 saturated carbocycles. The van der Waals surface area contributed by atoms with Crippen molar-refractivity contribution in [3.8, 4) is 28.8 Å². The van der Waals surface area contributed by atoms with Crippen molar-refractivity contribution in [1.29, 1.82) is 5.26 Å². The minimum Gasteiger partial charge on any atom is -0.454 e. The average Bonchev–Trinajstić information content (AvgIpc) is 3.31. The first kappa shape index (κ1) is 14.0. The lowest BCUT2D eigenvalue weighted by atomic mass is 10.1. The molecular formula is C17H10N2O2S2. The molecule has 0 spiro atoms. The highest BCUT2D eigenvalue weighted by molar-refractivity contribution is 7.12. The molecule has 6 heteroatoms. The molecule has 1 aliphatic rings. The number of hydrogen-bond donors (Lipinski definition) is 0. The summed E-state index contributed by atoms with van der Waals surface area (Å²) in [5.41, 5.74) is 2.35. The van der Waals surface area contributed by atoms with E-state index in [9.17, 15) is 5.26 Å². The largest absolute Gasteiger partial charge is 0.454 e. The van der Waals surface area contributed by atoms with Gasteiger partial charge in [-0.25, -0.2) is 4.98 Å². The summed E-state index contributed by atoms with van der Waals surface area (Å²) in [5.74, 6) is 1.48. The summed E-state index contributed by atoms with van der Waals surface area (Å²) < 4.78 is 10.7. The van der Waals surface area contributed by atoms with Gasteiger partial charge in [0.05, 0.1) is 11.3 Å². The van der Waals surface area contributed by atoms with Crippen molar-refractivity contribution >= 4 is 34.3 Å². The van der Waals surface area contributed by atoms with Crippen LogP contribution in [0.15, 0.2) is 41.1 Å². The molecule has 0 atom stereocenters. The van der Waals surface area contributed by atoms with Crippen molar-refractivity contribution < 1.29 is 9.47 Å². The zero-order chi connectivity index (χ0) is 15.6. The smallest absolute Gasteiger partial charge is 0.231 e. The zero-order valence-corrected chi connectivity index (χ0v) is 13.5. The third-order valence-corrected chi connectivity index (χ3v) is 5.05. The van der Waals surface area contributed by atoms with Crippen LogP contribution in [0.4, 0.5) is 0 Å². The van der Waals surface area contributed by atoms with Crippen LogP contribution in [-0.2, 0) is 0 Å². The standard InChI is InChI=1S/C17H10N2O2S2/c18-8-12(6-13-2-1-5-22-13)17-19-14(9-23-17)11-3-4-15-16(7-11)21-10-20-15/h1-7,9H,10H2/b12-6+. The quantitative estimate of drug-likeness (QED) is 0.652. The molecule has 1 aromatic carbocycles. The molecule has 0 bridgehead atoms. The van der Waals surface area contributed by atoms with E-state index in [-0.39, 0.29) is 6.79 Å². The number of allylic oxidation sites excluding steroid dienone is 1. The third-order valence-electron chi connectivity index (χ3n) is 3.35. The molecule has 0 saturated heterocycles. The van der Waals surface area contributed by atoms with Crippen LogP contribution in [0.5, 0.6) is 11.5 Å². The number of aromatic nitrogens is 1. The fourth-order valence-corrected chi connectivity index (χ4v) is 3.70. The summed E-state index contributed by atoms with van der Waals surface area (Å²) in [7, 11) is 0. The van der Waals surface area contributed by atoms with E-state index in [0.29, 0.717) is 10.6 Å². The topological polar surface area (TPSA) is 55.1 Å². The van der Waals surface area contributed by atoms with Crippen LogP contribution >= 0.6 is 22.7 Å². The van der Waals surface area contributed by atoms with Gasteiger partial charge in [0.15, 0.2) is 11.5 Å². The van der Waals surface area contributed by atoms with Crippen LogP contribution in [0.25, 0.3) is 22.9 Å².